The summed E-state index contributed by atoms with van der Waals surface area (Å²) in [4.78, 5) is 16.6. The number of hydrogen-bond acceptors (Lipinski definition) is 5. The van der Waals surface area contributed by atoms with Gasteiger partial charge in [-0.1, -0.05) is 0 Å². The summed E-state index contributed by atoms with van der Waals surface area (Å²) in [7, 11) is 5.68. The lowest BCUT2D eigenvalue weighted by atomic mass is 9.92. The van der Waals surface area contributed by atoms with Crippen LogP contribution in [0.4, 0.5) is 0 Å². The van der Waals surface area contributed by atoms with Gasteiger partial charge in [-0.05, 0) is 64.7 Å². The minimum Gasteiger partial charge on any atom is -0.468 e. The first-order valence-corrected chi connectivity index (χ1v) is 7.70. The van der Waals surface area contributed by atoms with Crippen LogP contribution in [-0.4, -0.2) is 68.7 Å². The van der Waals surface area contributed by atoms with Crippen molar-refractivity contribution in [2.45, 2.75) is 31.2 Å². The topological polar surface area (TPSA) is 58.8 Å². The fourth-order valence-corrected chi connectivity index (χ4v) is 3.35. The number of likely N-dealkylation sites (N-methyl/N-ethyl adjacent to an activating group) is 1. The second-order valence-corrected chi connectivity index (χ2v) is 6.75. The molecule has 1 saturated heterocycles. The van der Waals surface area contributed by atoms with Gasteiger partial charge in [-0.15, -0.1) is 0 Å². The molecule has 1 saturated carbocycles. The molecule has 0 aromatic heterocycles. The maximum absolute atomic E-state index is 12.0. The van der Waals surface area contributed by atoms with E-state index in [2.05, 4.69) is 23.9 Å². The molecule has 5 heteroatoms. The van der Waals surface area contributed by atoms with Crippen LogP contribution in [0.5, 0.6) is 0 Å². The van der Waals surface area contributed by atoms with Crippen LogP contribution in [0.25, 0.3) is 0 Å². The molecule has 0 spiro atoms. The molecular weight excluding hydrogens is 254 g/mol. The highest BCUT2D eigenvalue weighted by molar-refractivity contribution is 5.81. The number of carbonyl (C=O) groups is 1. The molecule has 5 nitrogen and oxygen atoms in total. The summed E-state index contributed by atoms with van der Waals surface area (Å²) in [6.45, 7) is 3.98. The van der Waals surface area contributed by atoms with Gasteiger partial charge >= 0.3 is 5.97 Å². The van der Waals surface area contributed by atoms with Crippen molar-refractivity contribution in [3.05, 3.63) is 0 Å². The third-order valence-electron chi connectivity index (χ3n) is 4.81. The quantitative estimate of drug-likeness (QED) is 0.721. The van der Waals surface area contributed by atoms with E-state index in [1.807, 2.05) is 0 Å². The highest BCUT2D eigenvalue weighted by Crippen LogP contribution is 2.39. The SMILES string of the molecule is COC(=O)C(N)(CN(C)CC1CCN(C)CC1)C1CC1. The summed E-state index contributed by atoms with van der Waals surface area (Å²) in [5.74, 6) is 0.766. The van der Waals surface area contributed by atoms with E-state index >= 15 is 0 Å². The molecule has 2 rings (SSSR count). The summed E-state index contributed by atoms with van der Waals surface area (Å²) < 4.78 is 4.92. The van der Waals surface area contributed by atoms with Gasteiger partial charge in [-0.2, -0.15) is 0 Å². The second-order valence-electron chi connectivity index (χ2n) is 6.75. The molecule has 1 heterocycles. The summed E-state index contributed by atoms with van der Waals surface area (Å²) in [5.41, 5.74) is 5.55. The van der Waals surface area contributed by atoms with Crippen molar-refractivity contribution in [1.29, 1.82) is 0 Å². The van der Waals surface area contributed by atoms with Crippen LogP contribution in [0.2, 0.25) is 0 Å². The minimum atomic E-state index is -0.811. The highest BCUT2D eigenvalue weighted by Gasteiger charge is 2.49. The Bertz CT molecular complexity index is 338. The van der Waals surface area contributed by atoms with Gasteiger partial charge in [0.25, 0.3) is 0 Å². The van der Waals surface area contributed by atoms with Crippen LogP contribution < -0.4 is 5.73 Å². The van der Waals surface area contributed by atoms with E-state index in [0.29, 0.717) is 12.5 Å². The fourth-order valence-electron chi connectivity index (χ4n) is 3.35. The molecule has 0 aromatic carbocycles. The Balaban J connectivity index is 1.85. The predicted octanol–water partition coefficient (Wildman–Crippen LogP) is 0.541. The first kappa shape index (κ1) is 15.7. The van der Waals surface area contributed by atoms with Crippen molar-refractivity contribution in [3.63, 3.8) is 0 Å². The molecule has 1 aliphatic carbocycles. The number of piperidine rings is 1. The lowest BCUT2D eigenvalue weighted by Crippen LogP contribution is -2.58. The number of rotatable bonds is 6. The van der Waals surface area contributed by atoms with E-state index < -0.39 is 5.54 Å². The van der Waals surface area contributed by atoms with Gasteiger partial charge in [-0.3, -0.25) is 4.79 Å². The molecule has 116 valence electrons. The first-order chi connectivity index (χ1) is 9.45. The van der Waals surface area contributed by atoms with Crippen molar-refractivity contribution in [2.24, 2.45) is 17.6 Å². The number of methoxy groups -OCH3 is 1. The molecule has 0 amide bonds. The largest absolute Gasteiger partial charge is 0.468 e. The van der Waals surface area contributed by atoms with Gasteiger partial charge in [0.2, 0.25) is 0 Å². The number of nitrogens with zero attached hydrogens (tertiary/aromatic N) is 2. The summed E-state index contributed by atoms with van der Waals surface area (Å²) in [6.07, 6.45) is 4.57. The van der Waals surface area contributed by atoms with Crippen LogP contribution in [0, 0.1) is 11.8 Å². The zero-order valence-corrected chi connectivity index (χ0v) is 13.1. The van der Waals surface area contributed by atoms with E-state index in [1.54, 1.807) is 0 Å². The van der Waals surface area contributed by atoms with Gasteiger partial charge in [0, 0.05) is 13.1 Å². The van der Waals surface area contributed by atoms with Crippen molar-refractivity contribution in [1.82, 2.24) is 9.80 Å². The number of carbonyl (C=O) groups excluding carboxylic acids is 1. The molecule has 1 unspecified atom stereocenters. The van der Waals surface area contributed by atoms with Crippen LogP contribution in [-0.2, 0) is 9.53 Å². The molecule has 2 aliphatic rings. The molecule has 0 radical (unpaired) electrons. The summed E-state index contributed by atoms with van der Waals surface area (Å²) in [6, 6.07) is 0. The number of esters is 1. The maximum atomic E-state index is 12.0. The second kappa shape index (κ2) is 6.41. The third-order valence-corrected chi connectivity index (χ3v) is 4.81. The lowest BCUT2D eigenvalue weighted by molar-refractivity contribution is -0.148. The van der Waals surface area contributed by atoms with Gasteiger partial charge in [0.05, 0.1) is 7.11 Å². The predicted molar refractivity (Wildman–Crippen MR) is 79.4 cm³/mol. The Morgan fingerprint density at radius 3 is 2.45 bits per heavy atom. The molecule has 2 fully saturated rings. The Morgan fingerprint density at radius 2 is 1.95 bits per heavy atom. The normalized spacial score (nSPS) is 24.6. The van der Waals surface area contributed by atoms with E-state index in [0.717, 1.165) is 25.3 Å². The van der Waals surface area contributed by atoms with Crippen LogP contribution in [0.3, 0.4) is 0 Å². The zero-order valence-electron chi connectivity index (χ0n) is 13.1. The number of likely N-dealkylation sites (tertiary alicyclic amines) is 1. The third kappa shape index (κ3) is 3.71. The number of ether oxygens (including phenoxy) is 1. The van der Waals surface area contributed by atoms with Crippen LogP contribution in [0.15, 0.2) is 0 Å². The Morgan fingerprint density at radius 1 is 1.35 bits per heavy atom. The van der Waals surface area contributed by atoms with Crippen LogP contribution >= 0.6 is 0 Å². The van der Waals surface area contributed by atoms with Gasteiger partial charge < -0.3 is 20.3 Å². The lowest BCUT2D eigenvalue weighted by Gasteiger charge is -2.35. The molecule has 1 atom stereocenters. The average Bonchev–Trinajstić information content (AvgIpc) is 3.25. The Labute approximate surface area is 122 Å². The first-order valence-electron chi connectivity index (χ1n) is 7.70. The zero-order chi connectivity index (χ0) is 14.8. The monoisotopic (exact) mass is 283 g/mol. The van der Waals surface area contributed by atoms with Crippen molar-refractivity contribution >= 4 is 5.97 Å². The van der Waals surface area contributed by atoms with E-state index in [-0.39, 0.29) is 5.97 Å². The van der Waals surface area contributed by atoms with Gasteiger partial charge in [0.15, 0.2) is 0 Å². The standard InChI is InChI=1S/C15H29N3O2/c1-17-8-6-12(7-9-17)10-18(2)11-15(16,13-4-5-13)14(19)20-3/h12-13H,4-11,16H2,1-3H3. The highest BCUT2D eigenvalue weighted by atomic mass is 16.5. The van der Waals surface area contributed by atoms with E-state index in [9.17, 15) is 4.79 Å². The minimum absolute atomic E-state index is 0.254. The summed E-state index contributed by atoms with van der Waals surface area (Å²) in [5, 5.41) is 0. The van der Waals surface area contributed by atoms with Gasteiger partial charge in [-0.25, -0.2) is 0 Å². The Hall–Kier alpha value is -0.650. The molecular formula is C15H29N3O2. The van der Waals surface area contributed by atoms with E-state index in [4.69, 9.17) is 10.5 Å². The van der Waals surface area contributed by atoms with Crippen molar-refractivity contribution in [3.8, 4) is 0 Å². The smallest absolute Gasteiger partial charge is 0.327 e. The molecule has 2 N–H and O–H groups in total. The average molecular weight is 283 g/mol. The fraction of sp³-hybridized carbons (Fsp3) is 0.933. The summed E-state index contributed by atoms with van der Waals surface area (Å²) >= 11 is 0. The molecule has 20 heavy (non-hydrogen) atoms. The van der Waals surface area contributed by atoms with Crippen molar-refractivity contribution < 1.29 is 9.53 Å². The Kier molecular flexibility index (Phi) is 5.04. The number of nitrogens with two attached hydrogens (primary N) is 1. The van der Waals surface area contributed by atoms with Crippen molar-refractivity contribution in [2.75, 3.05) is 47.4 Å². The van der Waals surface area contributed by atoms with E-state index in [1.165, 1.54) is 33.0 Å². The van der Waals surface area contributed by atoms with Gasteiger partial charge in [0.1, 0.15) is 5.54 Å². The maximum Gasteiger partial charge on any atom is 0.327 e. The molecule has 1 aliphatic heterocycles. The number of hydrogen-bond donors (Lipinski definition) is 1. The molecule has 0 aromatic rings. The van der Waals surface area contributed by atoms with Crippen LogP contribution in [0.1, 0.15) is 25.7 Å². The molecule has 0 bridgehead atoms.